The minimum Gasteiger partial charge on any atom is -0.348 e. The van der Waals surface area contributed by atoms with Crippen LogP contribution in [0.25, 0.3) is 0 Å². The largest absolute Gasteiger partial charge is 0.348 e. The van der Waals surface area contributed by atoms with E-state index >= 15 is 0 Å². The summed E-state index contributed by atoms with van der Waals surface area (Å²) >= 11 is 2.17. The summed E-state index contributed by atoms with van der Waals surface area (Å²) in [5, 5.41) is 2.98. The molecule has 3 aromatic rings. The Hall–Kier alpha value is -2.39. The van der Waals surface area contributed by atoms with Gasteiger partial charge in [-0.2, -0.15) is 0 Å². The Morgan fingerprint density at radius 1 is 1.00 bits per heavy atom. The van der Waals surface area contributed by atoms with Crippen LogP contribution >= 0.6 is 22.6 Å². The van der Waals surface area contributed by atoms with Crippen LogP contribution in [0.1, 0.15) is 36.1 Å². The van der Waals surface area contributed by atoms with E-state index in [1.54, 1.807) is 42.5 Å². The molecule has 1 aliphatic carbocycles. The molecule has 4 rings (SSSR count). The van der Waals surface area contributed by atoms with Crippen molar-refractivity contribution >= 4 is 44.2 Å². The molecular formula is C25H25IN2O3S. The Morgan fingerprint density at radius 2 is 1.69 bits per heavy atom. The SMILES string of the molecule is CC(NC(=O)CN(c1ccc(I)cc1)S(=O)(=O)c1ccccc1)c1ccc2c(c1)CCC2. The lowest BCUT2D eigenvalue weighted by Crippen LogP contribution is -2.41. The van der Waals surface area contributed by atoms with Crippen LogP contribution in [0, 0.1) is 3.57 Å². The van der Waals surface area contributed by atoms with E-state index < -0.39 is 10.0 Å². The number of halogens is 1. The van der Waals surface area contributed by atoms with E-state index in [1.165, 1.54) is 21.9 Å². The maximum atomic E-state index is 13.4. The van der Waals surface area contributed by atoms with Gasteiger partial charge in [0, 0.05) is 3.57 Å². The van der Waals surface area contributed by atoms with Gasteiger partial charge in [0.25, 0.3) is 10.0 Å². The van der Waals surface area contributed by atoms with Crippen LogP contribution in [0.15, 0.2) is 77.7 Å². The summed E-state index contributed by atoms with van der Waals surface area (Å²) in [6.45, 7) is 1.63. The summed E-state index contributed by atoms with van der Waals surface area (Å²) < 4.78 is 28.9. The highest BCUT2D eigenvalue weighted by Crippen LogP contribution is 2.26. The molecule has 1 unspecified atom stereocenters. The molecule has 0 aromatic heterocycles. The smallest absolute Gasteiger partial charge is 0.264 e. The second-order valence-electron chi connectivity index (χ2n) is 7.97. The van der Waals surface area contributed by atoms with Crippen LogP contribution in [0.4, 0.5) is 5.69 Å². The molecule has 1 aliphatic rings. The zero-order valence-electron chi connectivity index (χ0n) is 17.8. The lowest BCUT2D eigenvalue weighted by Gasteiger charge is -2.25. The third-order valence-corrected chi connectivity index (χ3v) is 8.24. The van der Waals surface area contributed by atoms with Crippen LogP contribution in [-0.2, 0) is 27.7 Å². The second-order valence-corrected chi connectivity index (χ2v) is 11.1. The van der Waals surface area contributed by atoms with Gasteiger partial charge in [-0.3, -0.25) is 9.10 Å². The maximum absolute atomic E-state index is 13.4. The molecule has 0 saturated heterocycles. The topological polar surface area (TPSA) is 66.5 Å². The summed E-state index contributed by atoms with van der Waals surface area (Å²) in [7, 11) is -3.90. The molecule has 0 fully saturated rings. The summed E-state index contributed by atoms with van der Waals surface area (Å²) in [4.78, 5) is 13.1. The predicted octanol–water partition coefficient (Wildman–Crippen LogP) is 4.85. The highest BCUT2D eigenvalue weighted by Gasteiger charge is 2.27. The first-order chi connectivity index (χ1) is 15.3. The Labute approximate surface area is 203 Å². The lowest BCUT2D eigenvalue weighted by molar-refractivity contribution is -0.120. The predicted molar refractivity (Wildman–Crippen MR) is 135 cm³/mol. The lowest BCUT2D eigenvalue weighted by atomic mass is 10.0. The average Bonchev–Trinajstić information content (AvgIpc) is 3.26. The van der Waals surface area contributed by atoms with Crippen LogP contribution in [0.5, 0.6) is 0 Å². The van der Waals surface area contributed by atoms with Crippen molar-refractivity contribution in [2.45, 2.75) is 37.1 Å². The molecule has 0 saturated carbocycles. The normalized spacial score (nSPS) is 13.9. The average molecular weight is 560 g/mol. The fraction of sp³-hybridized carbons (Fsp3) is 0.240. The van der Waals surface area contributed by atoms with Crippen molar-refractivity contribution in [3.8, 4) is 0 Å². The molecule has 5 nitrogen and oxygen atoms in total. The summed E-state index contributed by atoms with van der Waals surface area (Å²) in [5.74, 6) is -0.351. The Morgan fingerprint density at radius 3 is 2.41 bits per heavy atom. The monoisotopic (exact) mass is 560 g/mol. The molecule has 32 heavy (non-hydrogen) atoms. The van der Waals surface area contributed by atoms with Crippen molar-refractivity contribution in [3.05, 3.63) is 93.1 Å². The Balaban J connectivity index is 1.56. The first kappa shape index (κ1) is 22.8. The van der Waals surface area contributed by atoms with Gasteiger partial charge < -0.3 is 5.32 Å². The van der Waals surface area contributed by atoms with Crippen molar-refractivity contribution in [1.29, 1.82) is 0 Å². The number of aryl methyl sites for hydroxylation is 2. The number of sulfonamides is 1. The van der Waals surface area contributed by atoms with Gasteiger partial charge in [0.15, 0.2) is 0 Å². The van der Waals surface area contributed by atoms with Crippen molar-refractivity contribution in [2.75, 3.05) is 10.8 Å². The molecule has 0 radical (unpaired) electrons. The number of anilines is 1. The first-order valence-electron chi connectivity index (χ1n) is 10.6. The minimum atomic E-state index is -3.90. The number of amides is 1. The van der Waals surface area contributed by atoms with Gasteiger partial charge >= 0.3 is 0 Å². The highest BCUT2D eigenvalue weighted by atomic mass is 127. The third-order valence-electron chi connectivity index (χ3n) is 5.73. The molecule has 1 amide bonds. The van der Waals surface area contributed by atoms with Crippen LogP contribution in [0.2, 0.25) is 0 Å². The number of carbonyl (C=O) groups excluding carboxylic acids is 1. The van der Waals surface area contributed by atoms with E-state index in [0.717, 1.165) is 22.0 Å². The van der Waals surface area contributed by atoms with E-state index in [0.29, 0.717) is 5.69 Å². The molecule has 166 valence electrons. The molecule has 0 heterocycles. The standard InChI is InChI=1S/C25H25IN2O3S/c1-18(20-11-10-19-6-5-7-21(19)16-20)27-25(29)17-28(23-14-12-22(26)13-15-23)32(30,31)24-8-3-2-4-9-24/h2-4,8-16,18H,5-7,17H2,1H3,(H,27,29). The quantitative estimate of drug-likeness (QED) is 0.421. The van der Waals surface area contributed by atoms with Crippen LogP contribution in [-0.4, -0.2) is 20.9 Å². The molecule has 0 spiro atoms. The minimum absolute atomic E-state index is 0.151. The van der Waals surface area contributed by atoms with Gasteiger partial charge in [-0.15, -0.1) is 0 Å². The van der Waals surface area contributed by atoms with E-state index in [1.807, 2.05) is 25.1 Å². The molecule has 1 atom stereocenters. The molecule has 1 N–H and O–H groups in total. The second kappa shape index (κ2) is 9.62. The maximum Gasteiger partial charge on any atom is 0.264 e. The number of nitrogens with one attached hydrogen (secondary N) is 1. The van der Waals surface area contributed by atoms with Crippen molar-refractivity contribution in [3.63, 3.8) is 0 Å². The van der Waals surface area contributed by atoms with E-state index in [2.05, 4.69) is 40.0 Å². The van der Waals surface area contributed by atoms with Crippen molar-refractivity contribution in [2.24, 2.45) is 0 Å². The van der Waals surface area contributed by atoms with Crippen molar-refractivity contribution < 1.29 is 13.2 Å². The molecule has 3 aromatic carbocycles. The van der Waals surface area contributed by atoms with Gasteiger partial charge in [-0.25, -0.2) is 8.42 Å². The number of carbonyl (C=O) groups is 1. The van der Waals surface area contributed by atoms with Crippen LogP contribution in [0.3, 0.4) is 0 Å². The summed E-state index contributed by atoms with van der Waals surface area (Å²) in [6, 6.07) is 21.4. The van der Waals surface area contributed by atoms with E-state index in [9.17, 15) is 13.2 Å². The molecular weight excluding hydrogens is 535 g/mol. The first-order valence-corrected chi connectivity index (χ1v) is 13.1. The van der Waals surface area contributed by atoms with Gasteiger partial charge in [-0.1, -0.05) is 36.4 Å². The third kappa shape index (κ3) is 4.99. The van der Waals surface area contributed by atoms with Crippen LogP contribution < -0.4 is 9.62 Å². The van der Waals surface area contributed by atoms with E-state index in [-0.39, 0.29) is 23.4 Å². The molecule has 0 bridgehead atoms. The molecule has 0 aliphatic heterocycles. The number of hydrogen-bond acceptors (Lipinski definition) is 3. The zero-order valence-corrected chi connectivity index (χ0v) is 20.8. The van der Waals surface area contributed by atoms with Crippen molar-refractivity contribution in [1.82, 2.24) is 5.32 Å². The Kier molecular flexibility index (Phi) is 6.85. The summed E-state index contributed by atoms with van der Waals surface area (Å²) in [6.07, 6.45) is 3.35. The number of rotatable bonds is 7. The Bertz CT molecular complexity index is 1210. The summed E-state index contributed by atoms with van der Waals surface area (Å²) in [5.41, 5.74) is 4.21. The number of nitrogens with zero attached hydrogens (tertiary/aromatic N) is 1. The van der Waals surface area contributed by atoms with Gasteiger partial charge in [0.1, 0.15) is 6.54 Å². The van der Waals surface area contributed by atoms with E-state index in [4.69, 9.17) is 0 Å². The number of fused-ring (bicyclic) bond motifs is 1. The zero-order chi connectivity index (χ0) is 22.7. The van der Waals surface area contributed by atoms with Gasteiger partial charge in [0.2, 0.25) is 5.91 Å². The fourth-order valence-corrected chi connectivity index (χ4v) is 5.81. The molecule has 7 heteroatoms. The highest BCUT2D eigenvalue weighted by molar-refractivity contribution is 14.1. The fourth-order valence-electron chi connectivity index (χ4n) is 4.00. The number of hydrogen-bond donors (Lipinski definition) is 1. The van der Waals surface area contributed by atoms with Gasteiger partial charge in [0.05, 0.1) is 16.6 Å². The van der Waals surface area contributed by atoms with Gasteiger partial charge in [-0.05, 0) is 102 Å². The number of benzene rings is 3.